The van der Waals surface area contributed by atoms with Crippen LogP contribution in [0.4, 0.5) is 20.3 Å². The number of nitrogens with two attached hydrogens (primary N) is 2. The van der Waals surface area contributed by atoms with E-state index in [1.807, 2.05) is 0 Å². The van der Waals surface area contributed by atoms with Gasteiger partial charge in [-0.3, -0.25) is 5.01 Å². The Bertz CT molecular complexity index is 340. The monoisotopic (exact) mass is 200 g/mol. The number of nitrogen functional groups attached to an aromatic ring is 1. The van der Waals surface area contributed by atoms with Gasteiger partial charge >= 0.3 is 0 Å². The maximum absolute atomic E-state index is 12.5. The lowest BCUT2D eigenvalue weighted by atomic mass is 10.2. The van der Waals surface area contributed by atoms with Crippen LogP contribution in [0.3, 0.4) is 0 Å². The van der Waals surface area contributed by atoms with Gasteiger partial charge in [0, 0.05) is 6.20 Å². The Morgan fingerprint density at radius 3 is 2.71 bits per heavy atom. The fraction of sp³-hybridized carbons (Fsp3) is 0.125. The van der Waals surface area contributed by atoms with Crippen molar-refractivity contribution in [1.82, 2.24) is 4.98 Å². The molecule has 14 heavy (non-hydrogen) atoms. The van der Waals surface area contributed by atoms with E-state index in [0.29, 0.717) is 0 Å². The Kier molecular flexibility index (Phi) is 2.98. The molecule has 1 aromatic heterocycles. The number of hydrogen-bond donors (Lipinski definition) is 2. The Morgan fingerprint density at radius 1 is 1.57 bits per heavy atom. The van der Waals surface area contributed by atoms with Gasteiger partial charge in [-0.2, -0.15) is 0 Å². The Balaban J connectivity index is 3.21. The first kappa shape index (κ1) is 10.4. The van der Waals surface area contributed by atoms with Gasteiger partial charge in [0.1, 0.15) is 0 Å². The van der Waals surface area contributed by atoms with Crippen molar-refractivity contribution in [2.45, 2.75) is 6.43 Å². The molecule has 0 unspecified atom stereocenters. The molecule has 0 aromatic carbocycles. The number of anilines is 2. The SMILES string of the molecule is C=CN(N)c1ncc(N)cc1C(F)F. The van der Waals surface area contributed by atoms with E-state index in [2.05, 4.69) is 11.6 Å². The summed E-state index contributed by atoms with van der Waals surface area (Å²) in [6.07, 6.45) is -0.235. The first-order valence-corrected chi connectivity index (χ1v) is 3.76. The van der Waals surface area contributed by atoms with Crippen LogP contribution in [0.1, 0.15) is 12.0 Å². The molecule has 0 aliphatic rings. The summed E-state index contributed by atoms with van der Waals surface area (Å²) in [4.78, 5) is 3.69. The van der Waals surface area contributed by atoms with Crippen molar-refractivity contribution in [3.63, 3.8) is 0 Å². The fourth-order valence-corrected chi connectivity index (χ4v) is 0.954. The standard InChI is InChI=1S/C8H10F2N4/c1-2-14(12)8-6(7(9)10)3-5(11)4-13-8/h2-4,7H,1,11-12H2. The zero-order chi connectivity index (χ0) is 10.7. The highest BCUT2D eigenvalue weighted by Crippen LogP contribution is 2.28. The van der Waals surface area contributed by atoms with Crippen molar-refractivity contribution in [3.05, 3.63) is 30.6 Å². The van der Waals surface area contributed by atoms with Crippen molar-refractivity contribution in [2.75, 3.05) is 10.7 Å². The molecule has 0 saturated heterocycles. The van der Waals surface area contributed by atoms with E-state index in [4.69, 9.17) is 11.6 Å². The Hall–Kier alpha value is -1.69. The Morgan fingerprint density at radius 2 is 2.21 bits per heavy atom. The minimum Gasteiger partial charge on any atom is -0.397 e. The van der Waals surface area contributed by atoms with Gasteiger partial charge in [-0.15, -0.1) is 0 Å². The van der Waals surface area contributed by atoms with E-state index in [1.54, 1.807) is 0 Å². The second-order valence-electron chi connectivity index (χ2n) is 2.57. The minimum atomic E-state index is -2.67. The lowest BCUT2D eigenvalue weighted by molar-refractivity contribution is 0.151. The zero-order valence-corrected chi connectivity index (χ0v) is 7.32. The molecule has 0 bridgehead atoms. The van der Waals surface area contributed by atoms with Crippen LogP contribution < -0.4 is 16.6 Å². The summed E-state index contributed by atoms with van der Waals surface area (Å²) in [7, 11) is 0. The van der Waals surface area contributed by atoms with Gasteiger partial charge in [0.2, 0.25) is 0 Å². The van der Waals surface area contributed by atoms with E-state index in [1.165, 1.54) is 12.4 Å². The van der Waals surface area contributed by atoms with Gasteiger partial charge < -0.3 is 5.73 Å². The third kappa shape index (κ3) is 1.97. The van der Waals surface area contributed by atoms with Gasteiger partial charge in [0.15, 0.2) is 5.82 Å². The quantitative estimate of drug-likeness (QED) is 0.572. The molecule has 1 rings (SSSR count). The second kappa shape index (κ2) is 4.01. The number of halogens is 2. The molecule has 0 saturated carbocycles. The van der Waals surface area contributed by atoms with Crippen molar-refractivity contribution < 1.29 is 8.78 Å². The van der Waals surface area contributed by atoms with Gasteiger partial charge in [0.25, 0.3) is 6.43 Å². The molecule has 4 nitrogen and oxygen atoms in total. The number of hydrogen-bond acceptors (Lipinski definition) is 4. The third-order valence-corrected chi connectivity index (χ3v) is 1.59. The molecule has 0 radical (unpaired) electrons. The van der Waals surface area contributed by atoms with Gasteiger partial charge in [-0.1, -0.05) is 6.58 Å². The largest absolute Gasteiger partial charge is 0.397 e. The maximum Gasteiger partial charge on any atom is 0.267 e. The molecule has 0 atom stereocenters. The van der Waals surface area contributed by atoms with E-state index >= 15 is 0 Å². The molecule has 0 aliphatic carbocycles. The first-order valence-electron chi connectivity index (χ1n) is 3.76. The van der Waals surface area contributed by atoms with Crippen LogP contribution in [0.2, 0.25) is 0 Å². The number of rotatable bonds is 3. The van der Waals surface area contributed by atoms with Crippen LogP contribution in [0, 0.1) is 0 Å². The number of aromatic nitrogens is 1. The van der Waals surface area contributed by atoms with E-state index in [-0.39, 0.29) is 17.1 Å². The van der Waals surface area contributed by atoms with Crippen LogP contribution in [-0.2, 0) is 0 Å². The average Bonchev–Trinajstić information content (AvgIpc) is 2.16. The lowest BCUT2D eigenvalue weighted by Gasteiger charge is -2.15. The zero-order valence-electron chi connectivity index (χ0n) is 7.32. The van der Waals surface area contributed by atoms with Crippen LogP contribution >= 0.6 is 0 Å². The maximum atomic E-state index is 12.5. The highest BCUT2D eigenvalue weighted by Gasteiger charge is 2.16. The molecule has 0 fully saturated rings. The predicted octanol–water partition coefficient (Wildman–Crippen LogP) is 1.42. The highest BCUT2D eigenvalue weighted by atomic mass is 19.3. The molecule has 6 heteroatoms. The molecule has 76 valence electrons. The third-order valence-electron chi connectivity index (χ3n) is 1.59. The van der Waals surface area contributed by atoms with Crippen molar-refractivity contribution in [1.29, 1.82) is 0 Å². The smallest absolute Gasteiger partial charge is 0.267 e. The van der Waals surface area contributed by atoms with Crippen LogP contribution in [0.25, 0.3) is 0 Å². The first-order chi connectivity index (χ1) is 6.56. The summed E-state index contributed by atoms with van der Waals surface area (Å²) in [5.41, 5.74) is 5.18. The summed E-state index contributed by atoms with van der Waals surface area (Å²) in [5, 5.41) is 0.918. The second-order valence-corrected chi connectivity index (χ2v) is 2.57. The summed E-state index contributed by atoms with van der Waals surface area (Å²) in [5.74, 6) is 5.31. The molecule has 1 heterocycles. The van der Waals surface area contributed by atoms with E-state index in [0.717, 1.165) is 11.1 Å². The number of pyridine rings is 1. The Labute approximate surface area is 79.8 Å². The summed E-state index contributed by atoms with van der Waals surface area (Å²) >= 11 is 0. The van der Waals surface area contributed by atoms with Crippen molar-refractivity contribution in [2.24, 2.45) is 5.84 Å². The average molecular weight is 200 g/mol. The topological polar surface area (TPSA) is 68.2 Å². The highest BCUT2D eigenvalue weighted by molar-refractivity contribution is 5.54. The summed E-state index contributed by atoms with van der Waals surface area (Å²) in [6.45, 7) is 3.34. The van der Waals surface area contributed by atoms with Crippen molar-refractivity contribution in [3.8, 4) is 0 Å². The van der Waals surface area contributed by atoms with Gasteiger partial charge in [0.05, 0.1) is 17.4 Å². The number of hydrazine groups is 1. The number of alkyl halides is 2. The van der Waals surface area contributed by atoms with Crippen LogP contribution in [-0.4, -0.2) is 4.98 Å². The minimum absolute atomic E-state index is 0.0517. The normalized spacial score (nSPS) is 10.3. The van der Waals surface area contributed by atoms with Gasteiger partial charge in [-0.25, -0.2) is 19.6 Å². The predicted molar refractivity (Wildman–Crippen MR) is 50.5 cm³/mol. The van der Waals surface area contributed by atoms with E-state index < -0.39 is 6.43 Å². The molecule has 0 spiro atoms. The lowest BCUT2D eigenvalue weighted by Crippen LogP contribution is -2.26. The molecule has 0 aliphatic heterocycles. The number of nitrogens with zero attached hydrogens (tertiary/aromatic N) is 2. The van der Waals surface area contributed by atoms with Crippen molar-refractivity contribution >= 4 is 11.5 Å². The molecular weight excluding hydrogens is 190 g/mol. The summed E-state index contributed by atoms with van der Waals surface area (Å²) < 4.78 is 25.0. The molecular formula is C8H10F2N4. The van der Waals surface area contributed by atoms with Crippen LogP contribution in [0.15, 0.2) is 25.0 Å². The van der Waals surface area contributed by atoms with E-state index in [9.17, 15) is 8.78 Å². The van der Waals surface area contributed by atoms with Gasteiger partial charge in [-0.05, 0) is 6.07 Å². The summed E-state index contributed by atoms with van der Waals surface area (Å²) in [6, 6.07) is 1.14. The molecule has 1 aromatic rings. The molecule has 4 N–H and O–H groups in total. The molecule has 0 amide bonds. The fourth-order valence-electron chi connectivity index (χ4n) is 0.954. The van der Waals surface area contributed by atoms with Crippen LogP contribution in [0.5, 0.6) is 0 Å².